The average molecular weight is 615 g/mol. The number of pyridine rings is 1. The van der Waals surface area contributed by atoms with E-state index in [0.29, 0.717) is 39.1 Å². The van der Waals surface area contributed by atoms with Crippen LogP contribution in [0.5, 0.6) is 0 Å². The second kappa shape index (κ2) is 11.4. The minimum absolute atomic E-state index is 0.147. The summed E-state index contributed by atoms with van der Waals surface area (Å²) in [5.41, 5.74) is -0.404. The van der Waals surface area contributed by atoms with Gasteiger partial charge in [0.15, 0.2) is 11.0 Å². The van der Waals surface area contributed by atoms with Crippen LogP contribution in [-0.4, -0.2) is 101 Å². The van der Waals surface area contributed by atoms with E-state index in [1.165, 1.54) is 28.2 Å². The smallest absolute Gasteiger partial charge is 0.273 e. The molecule has 2 fully saturated rings. The Morgan fingerprint density at radius 3 is 2.84 bits per heavy atom. The number of amides is 1. The number of rotatable bonds is 7. The molecule has 15 heteroatoms. The van der Waals surface area contributed by atoms with Crippen molar-refractivity contribution >= 4 is 45.2 Å². The number of nitrogens with zero attached hydrogens (tertiary/aromatic N) is 7. The van der Waals surface area contributed by atoms with Crippen LogP contribution in [0.3, 0.4) is 0 Å². The Morgan fingerprint density at radius 2 is 2.16 bits per heavy atom. The highest BCUT2D eigenvalue weighted by Gasteiger charge is 2.48. The van der Waals surface area contributed by atoms with Gasteiger partial charge in [0.2, 0.25) is 0 Å². The summed E-state index contributed by atoms with van der Waals surface area (Å²) >= 11 is 10.6. The normalized spacial score (nSPS) is 26.1. The largest absolute Gasteiger partial charge is 0.394 e. The van der Waals surface area contributed by atoms with Crippen molar-refractivity contribution in [2.24, 2.45) is 0 Å². The number of hydrogen-bond acceptors (Lipinski definition) is 10. The number of thioether (sulfide) groups is 1. The van der Waals surface area contributed by atoms with Gasteiger partial charge >= 0.3 is 0 Å². The van der Waals surface area contributed by atoms with E-state index < -0.39 is 36.4 Å². The maximum Gasteiger partial charge on any atom is 0.273 e. The van der Waals surface area contributed by atoms with Crippen molar-refractivity contribution in [3.8, 4) is 5.82 Å². The van der Waals surface area contributed by atoms with Crippen molar-refractivity contribution in [2.45, 2.75) is 47.5 Å². The van der Waals surface area contributed by atoms with Crippen molar-refractivity contribution < 1.29 is 24.5 Å². The molecular weight excluding hydrogens is 590 g/mol. The van der Waals surface area contributed by atoms with Gasteiger partial charge in [-0.3, -0.25) is 4.79 Å². The standard InChI is InChI=1S/C22H25BrClN7O5S/c1-35-20-18(31-10-16(26-28-31)30-7-4-15(24)27-30)19(33)13(11-32)36-22(20)37-14-8-12(23)9-25-17(14)21(34)29-5-2-3-6-29/h4,7-10,13,18-20,22,32-33H,2-3,5-6,11H2,1H3/t13?,18-,19-,20?,22+/m0/s1. The molecule has 2 unspecified atom stereocenters. The Morgan fingerprint density at radius 1 is 1.38 bits per heavy atom. The van der Waals surface area contributed by atoms with Gasteiger partial charge in [-0.25, -0.2) is 14.3 Å². The fourth-order valence-electron chi connectivity index (χ4n) is 4.52. The predicted molar refractivity (Wildman–Crippen MR) is 137 cm³/mol. The highest BCUT2D eigenvalue weighted by Crippen LogP contribution is 2.41. The molecule has 1 amide bonds. The number of ether oxygens (including phenoxy) is 2. The first kappa shape index (κ1) is 26.5. The van der Waals surface area contributed by atoms with Gasteiger partial charge in [0.1, 0.15) is 35.5 Å². The summed E-state index contributed by atoms with van der Waals surface area (Å²) in [4.78, 5) is 20.0. The number of hydrogen-bond donors (Lipinski definition) is 2. The Hall–Kier alpha value is -2.07. The molecule has 2 aliphatic rings. The van der Waals surface area contributed by atoms with E-state index in [0.717, 1.165) is 12.8 Å². The van der Waals surface area contributed by atoms with E-state index in [-0.39, 0.29) is 5.91 Å². The van der Waals surface area contributed by atoms with E-state index in [2.05, 4.69) is 36.3 Å². The lowest BCUT2D eigenvalue weighted by Gasteiger charge is -2.43. The molecule has 2 N–H and O–H groups in total. The van der Waals surface area contributed by atoms with Crippen LogP contribution >= 0.6 is 39.3 Å². The summed E-state index contributed by atoms with van der Waals surface area (Å²) < 4.78 is 15.5. The topological polar surface area (TPSA) is 141 Å². The molecule has 2 aliphatic heterocycles. The van der Waals surface area contributed by atoms with Crippen molar-refractivity contribution in [2.75, 3.05) is 26.8 Å². The summed E-state index contributed by atoms with van der Waals surface area (Å²) in [6.45, 7) is 0.953. The molecular formula is C22H25BrClN7O5S. The second-order valence-corrected chi connectivity index (χ2v) is 11.1. The SMILES string of the molecule is COC1[C@@H](Sc2cc(Br)cnc2C(=O)N2CCCC2)OC(CO)[C@H](O)[C@@H]1n1cc(-n2ccc(Cl)n2)nn1. The molecule has 5 heterocycles. The second-order valence-electron chi connectivity index (χ2n) is 8.66. The lowest BCUT2D eigenvalue weighted by molar-refractivity contribution is -0.186. The maximum absolute atomic E-state index is 13.2. The van der Waals surface area contributed by atoms with E-state index >= 15 is 0 Å². The first-order valence-electron chi connectivity index (χ1n) is 11.6. The number of methoxy groups -OCH3 is 1. The number of aliphatic hydroxyl groups excluding tert-OH is 2. The van der Waals surface area contributed by atoms with Crippen molar-refractivity contribution in [1.29, 1.82) is 0 Å². The summed E-state index contributed by atoms with van der Waals surface area (Å²) in [6, 6.07) is 2.65. The molecule has 3 aromatic heterocycles. The van der Waals surface area contributed by atoms with Crippen molar-refractivity contribution in [3.63, 3.8) is 0 Å². The van der Waals surface area contributed by atoms with Crippen LogP contribution in [0.15, 0.2) is 40.1 Å². The fraction of sp³-hybridized carbons (Fsp3) is 0.500. The summed E-state index contributed by atoms with van der Waals surface area (Å²) in [7, 11) is 1.50. The van der Waals surface area contributed by atoms with E-state index in [1.807, 2.05) is 0 Å². The van der Waals surface area contributed by atoms with Crippen LogP contribution < -0.4 is 0 Å². The van der Waals surface area contributed by atoms with Gasteiger partial charge < -0.3 is 24.6 Å². The zero-order chi connectivity index (χ0) is 26.1. The maximum atomic E-state index is 13.2. The molecule has 12 nitrogen and oxygen atoms in total. The minimum atomic E-state index is -1.16. The first-order valence-corrected chi connectivity index (χ1v) is 13.7. The lowest BCUT2D eigenvalue weighted by Crippen LogP contribution is -2.55. The fourth-order valence-corrected chi connectivity index (χ4v) is 6.44. The number of halogens is 2. The van der Waals surface area contributed by atoms with Crippen LogP contribution in [0.2, 0.25) is 5.15 Å². The summed E-state index contributed by atoms with van der Waals surface area (Å²) in [6.07, 6.45) is 3.94. The predicted octanol–water partition coefficient (Wildman–Crippen LogP) is 1.94. The Bertz CT molecular complexity index is 1260. The molecule has 3 aromatic rings. The molecule has 0 radical (unpaired) electrons. The van der Waals surface area contributed by atoms with Gasteiger partial charge in [-0.2, -0.15) is 5.10 Å². The Balaban J connectivity index is 1.46. The van der Waals surface area contributed by atoms with Gasteiger partial charge in [-0.05, 0) is 40.9 Å². The van der Waals surface area contributed by atoms with Crippen LogP contribution in [0, 0.1) is 0 Å². The van der Waals surface area contributed by atoms with Gasteiger partial charge in [-0.1, -0.05) is 28.6 Å². The number of carbonyl (C=O) groups is 1. The van der Waals surface area contributed by atoms with Crippen LogP contribution in [0.25, 0.3) is 5.82 Å². The number of likely N-dealkylation sites (tertiary alicyclic amines) is 1. The zero-order valence-corrected chi connectivity index (χ0v) is 22.9. The molecule has 2 saturated heterocycles. The molecule has 0 spiro atoms. The van der Waals surface area contributed by atoms with E-state index in [4.69, 9.17) is 21.1 Å². The van der Waals surface area contributed by atoms with Crippen LogP contribution in [0.4, 0.5) is 0 Å². The quantitative estimate of drug-likeness (QED) is 0.406. The third-order valence-electron chi connectivity index (χ3n) is 6.35. The monoisotopic (exact) mass is 613 g/mol. The molecule has 0 bridgehead atoms. The highest BCUT2D eigenvalue weighted by atomic mass is 79.9. The molecule has 198 valence electrons. The average Bonchev–Trinajstić information content (AvgIpc) is 3.66. The minimum Gasteiger partial charge on any atom is -0.394 e. The van der Waals surface area contributed by atoms with Crippen LogP contribution in [-0.2, 0) is 9.47 Å². The van der Waals surface area contributed by atoms with E-state index in [9.17, 15) is 15.0 Å². The molecule has 5 rings (SSSR count). The Labute approximate surface area is 230 Å². The molecule has 0 saturated carbocycles. The third-order valence-corrected chi connectivity index (χ3v) is 8.16. The van der Waals surface area contributed by atoms with E-state index in [1.54, 1.807) is 35.6 Å². The molecule has 0 aliphatic carbocycles. The third kappa shape index (κ3) is 5.41. The van der Waals surface area contributed by atoms with Gasteiger partial charge in [0.25, 0.3) is 5.91 Å². The number of aromatic nitrogens is 6. The van der Waals surface area contributed by atoms with Crippen molar-refractivity contribution in [3.05, 3.63) is 46.0 Å². The van der Waals surface area contributed by atoms with Crippen LogP contribution in [0.1, 0.15) is 29.4 Å². The van der Waals surface area contributed by atoms with Crippen molar-refractivity contribution in [1.82, 2.24) is 34.7 Å². The van der Waals surface area contributed by atoms with Gasteiger partial charge in [0.05, 0.1) is 12.8 Å². The lowest BCUT2D eigenvalue weighted by atomic mass is 9.97. The first-order chi connectivity index (χ1) is 17.9. The summed E-state index contributed by atoms with van der Waals surface area (Å²) in [5, 5.41) is 33.8. The highest BCUT2D eigenvalue weighted by molar-refractivity contribution is 9.10. The van der Waals surface area contributed by atoms with Gasteiger partial charge in [-0.15, -0.1) is 5.10 Å². The molecule has 37 heavy (non-hydrogen) atoms. The zero-order valence-electron chi connectivity index (χ0n) is 19.7. The molecule has 5 atom stereocenters. The molecule has 0 aromatic carbocycles. The summed E-state index contributed by atoms with van der Waals surface area (Å²) in [5.74, 6) is 0.242. The van der Waals surface area contributed by atoms with Gasteiger partial charge in [0, 0.05) is 42.0 Å². The number of carbonyl (C=O) groups excluding carboxylic acids is 1. The Kier molecular flexibility index (Phi) is 8.14. The number of aliphatic hydroxyl groups is 2.